The summed E-state index contributed by atoms with van der Waals surface area (Å²) in [7, 11) is 0. The minimum Gasteiger partial charge on any atom is -0.501 e. The van der Waals surface area contributed by atoms with Crippen molar-refractivity contribution in [2.75, 3.05) is 0 Å². The van der Waals surface area contributed by atoms with E-state index in [1.807, 2.05) is 43.5 Å². The summed E-state index contributed by atoms with van der Waals surface area (Å²) in [5.74, 6) is -0.737. The first-order valence-electron chi connectivity index (χ1n) is 27.1. The molecule has 4 nitrogen and oxygen atoms in total. The van der Waals surface area contributed by atoms with Crippen molar-refractivity contribution in [2.45, 2.75) is 79.8 Å². The van der Waals surface area contributed by atoms with Crippen LogP contribution < -0.4 is 4.74 Å². The molecule has 0 N–H and O–H groups in total. The van der Waals surface area contributed by atoms with Gasteiger partial charge in [-0.3, -0.25) is 0 Å². The Morgan fingerprint density at radius 1 is 0.652 bits per heavy atom. The Bertz CT molecular complexity index is 3910. The van der Waals surface area contributed by atoms with E-state index in [1.54, 1.807) is 36.4 Å². The standard InChI is InChI=1S/C61H52N2O2.Pt/c1-36-26-56(62-34-38(36)3)46-28-51(42-13-9-8-10-14-42)40(5)58(29-46)64-47-30-54-53-27-45-18-17-43-15-11-12-16-49(43)52(45)33-59(53)65-60(54)55(31-47)57-32-50(39(4)35-63-57)48-20-19-44(25-37(48)2)41-21-23-61(6,7)24-22-41;/h8-20,25-28,30,32-35,41H,21-24H2,1-7H3;/q-2;+2/i1D3,3D3,5D3,41D;. The molecular formula is C61H52N2O2Pt. The summed E-state index contributed by atoms with van der Waals surface area (Å²) in [5.41, 5.74) is 7.20. The fraction of sp³-hybridized carbons (Fsp3) is 0.213. The minimum absolute atomic E-state index is 0. The van der Waals surface area contributed by atoms with E-state index in [9.17, 15) is 1.37 Å². The van der Waals surface area contributed by atoms with Gasteiger partial charge in [-0.05, 0) is 149 Å². The van der Waals surface area contributed by atoms with Gasteiger partial charge in [-0.1, -0.05) is 164 Å². The molecule has 11 rings (SSSR count). The second kappa shape index (κ2) is 17.1. The van der Waals surface area contributed by atoms with Crippen molar-refractivity contribution in [1.29, 1.82) is 0 Å². The minimum atomic E-state index is -2.82. The van der Waals surface area contributed by atoms with Gasteiger partial charge in [0.15, 0.2) is 0 Å². The number of hydrogen-bond donors (Lipinski definition) is 0. The van der Waals surface area contributed by atoms with Gasteiger partial charge in [-0.15, -0.1) is 11.6 Å². The molecule has 1 aliphatic carbocycles. The molecule has 1 saturated carbocycles. The zero-order chi connectivity index (χ0) is 53.0. The van der Waals surface area contributed by atoms with Crippen molar-refractivity contribution in [3.05, 3.63) is 179 Å². The first kappa shape index (κ1) is 33.2. The van der Waals surface area contributed by atoms with E-state index in [0.29, 0.717) is 33.4 Å². The molecule has 66 heavy (non-hydrogen) atoms. The number of ether oxygens (including phenoxy) is 1. The Morgan fingerprint density at radius 2 is 1.42 bits per heavy atom. The van der Waals surface area contributed by atoms with Crippen LogP contribution in [0.4, 0.5) is 0 Å². The van der Waals surface area contributed by atoms with Gasteiger partial charge in [0.2, 0.25) is 0 Å². The Labute approximate surface area is 416 Å². The van der Waals surface area contributed by atoms with Crippen LogP contribution in [0.5, 0.6) is 11.5 Å². The van der Waals surface area contributed by atoms with Crippen LogP contribution in [-0.4, -0.2) is 9.97 Å². The van der Waals surface area contributed by atoms with Gasteiger partial charge in [0, 0.05) is 43.0 Å². The fourth-order valence-electron chi connectivity index (χ4n) is 9.51. The van der Waals surface area contributed by atoms with E-state index in [1.165, 1.54) is 6.07 Å². The number of aromatic nitrogens is 2. The van der Waals surface area contributed by atoms with Gasteiger partial charge in [0.05, 0.1) is 5.58 Å². The van der Waals surface area contributed by atoms with Crippen LogP contribution in [-0.2, 0) is 21.1 Å². The molecule has 0 saturated heterocycles. The van der Waals surface area contributed by atoms with E-state index in [0.717, 1.165) is 86.6 Å². The molecule has 0 radical (unpaired) electrons. The Balaban J connectivity index is 0.00000657. The third-order valence-corrected chi connectivity index (χ3v) is 13.3. The molecule has 0 aliphatic heterocycles. The first-order chi connectivity index (χ1) is 35.4. The summed E-state index contributed by atoms with van der Waals surface area (Å²) in [4.78, 5) is 9.43. The van der Waals surface area contributed by atoms with Crippen molar-refractivity contribution in [3.8, 4) is 56.3 Å². The van der Waals surface area contributed by atoms with Gasteiger partial charge < -0.3 is 19.1 Å². The van der Waals surface area contributed by atoms with E-state index < -0.39 is 37.6 Å². The van der Waals surface area contributed by atoms with Gasteiger partial charge in [-0.25, -0.2) is 0 Å². The van der Waals surface area contributed by atoms with Crippen LogP contribution in [0.2, 0.25) is 0 Å². The van der Waals surface area contributed by atoms with Gasteiger partial charge >= 0.3 is 21.1 Å². The molecule has 0 unspecified atom stereocenters. The van der Waals surface area contributed by atoms with Crippen molar-refractivity contribution < 1.29 is 43.9 Å². The number of hydrogen-bond acceptors (Lipinski definition) is 4. The van der Waals surface area contributed by atoms with Crippen LogP contribution in [0.3, 0.4) is 0 Å². The molecule has 10 aromatic rings. The Hall–Kier alpha value is -6.35. The largest absolute Gasteiger partial charge is 2.00 e. The number of nitrogens with zero attached hydrogens (tertiary/aromatic N) is 2. The molecule has 0 spiro atoms. The van der Waals surface area contributed by atoms with E-state index in [-0.39, 0.29) is 60.4 Å². The molecule has 0 amide bonds. The molecule has 328 valence electrons. The number of furan rings is 1. The molecule has 1 fully saturated rings. The second-order valence-corrected chi connectivity index (χ2v) is 18.3. The molecule has 5 heteroatoms. The molecule has 3 heterocycles. The van der Waals surface area contributed by atoms with Crippen molar-refractivity contribution in [2.24, 2.45) is 5.41 Å². The van der Waals surface area contributed by atoms with Gasteiger partial charge in [0.1, 0.15) is 5.58 Å². The summed E-state index contributed by atoms with van der Waals surface area (Å²) >= 11 is 0. The number of rotatable bonds is 7. The van der Waals surface area contributed by atoms with Crippen LogP contribution in [0.1, 0.15) is 92.5 Å². The smallest absolute Gasteiger partial charge is 0.501 e. The summed E-state index contributed by atoms with van der Waals surface area (Å²) in [6.45, 7) is 0.293. The quantitative estimate of drug-likeness (QED) is 0.118. The zero-order valence-corrected chi connectivity index (χ0v) is 39.3. The maximum atomic E-state index is 9.51. The average molecular weight is 1050 g/mol. The molecule has 0 atom stereocenters. The number of pyridine rings is 2. The summed E-state index contributed by atoms with van der Waals surface area (Å²) in [5, 5.41) is 5.57. The molecule has 1 aliphatic rings. The Morgan fingerprint density at radius 3 is 2.23 bits per heavy atom. The Kier molecular flexibility index (Phi) is 8.61. The maximum Gasteiger partial charge on any atom is 2.00 e. The molecule has 3 aromatic heterocycles. The molecular weight excluding hydrogens is 988 g/mol. The first-order valence-corrected chi connectivity index (χ1v) is 22.1. The zero-order valence-electron chi connectivity index (χ0n) is 47.1. The summed E-state index contributed by atoms with van der Waals surface area (Å²) in [6.07, 6.45) is 6.44. The van der Waals surface area contributed by atoms with Gasteiger partial charge in [0.25, 0.3) is 0 Å². The molecule has 0 bridgehead atoms. The normalized spacial score (nSPS) is 17.3. The predicted octanol–water partition coefficient (Wildman–Crippen LogP) is 17.0. The summed E-state index contributed by atoms with van der Waals surface area (Å²) in [6, 6.07) is 44.8. The maximum absolute atomic E-state index is 9.51. The monoisotopic (exact) mass is 1050 g/mol. The van der Waals surface area contributed by atoms with Crippen LogP contribution >= 0.6 is 0 Å². The SMILES string of the molecule is [2H]C([2H])([2H])c1cnc(-c2[c-]c(Oc3[c-]c(-c4cc(-c5ccc(C6([2H])CCC(C)(C)CC6)cc5C)c(C)cn4)c4oc5cc6c(ccc7ccccc76)cc5c4c3)c(C([2H])([2H])[2H])c(-c3ccccc3)c2)cc1C([2H])([2H])[2H].[Pt+2]. The van der Waals surface area contributed by atoms with Gasteiger partial charge in [-0.2, -0.15) is 0 Å². The topological polar surface area (TPSA) is 48.2 Å². The third-order valence-electron chi connectivity index (χ3n) is 13.3. The van der Waals surface area contributed by atoms with E-state index in [4.69, 9.17) is 26.5 Å². The van der Waals surface area contributed by atoms with E-state index in [2.05, 4.69) is 86.4 Å². The predicted molar refractivity (Wildman–Crippen MR) is 269 cm³/mol. The number of aryl methyl sites for hydroxylation is 4. The third kappa shape index (κ3) is 7.94. The second-order valence-electron chi connectivity index (χ2n) is 18.3. The summed E-state index contributed by atoms with van der Waals surface area (Å²) < 4.78 is 99.2. The van der Waals surface area contributed by atoms with Crippen LogP contribution in [0.15, 0.2) is 138 Å². The van der Waals surface area contributed by atoms with Crippen molar-refractivity contribution >= 4 is 43.5 Å². The van der Waals surface area contributed by atoms with Crippen molar-refractivity contribution in [3.63, 3.8) is 0 Å². The van der Waals surface area contributed by atoms with E-state index >= 15 is 0 Å². The number of fused-ring (bicyclic) bond motifs is 6. The number of benzene rings is 7. The molecule has 7 aromatic carbocycles. The van der Waals surface area contributed by atoms with Crippen molar-refractivity contribution in [1.82, 2.24) is 9.97 Å². The average Bonchev–Trinajstić information content (AvgIpc) is 3.77. The van der Waals surface area contributed by atoms with Crippen LogP contribution in [0.25, 0.3) is 88.3 Å². The van der Waals surface area contributed by atoms with Crippen LogP contribution in [0, 0.1) is 52.0 Å². The fourth-order valence-corrected chi connectivity index (χ4v) is 9.51.